The van der Waals surface area contributed by atoms with E-state index in [0.717, 1.165) is 22.7 Å². The van der Waals surface area contributed by atoms with Crippen LogP contribution in [0.25, 0.3) is 0 Å². The van der Waals surface area contributed by atoms with E-state index in [0.29, 0.717) is 17.7 Å². The number of para-hydroxylation sites is 1. The van der Waals surface area contributed by atoms with Crippen molar-refractivity contribution in [1.29, 1.82) is 0 Å². The lowest BCUT2D eigenvalue weighted by Gasteiger charge is -2.43. The first-order chi connectivity index (χ1) is 15.9. The first-order valence-electron chi connectivity index (χ1n) is 10.9. The highest BCUT2D eigenvalue weighted by Crippen LogP contribution is 2.43. The smallest absolute Gasteiger partial charge is 0.258 e. The molecule has 0 saturated carbocycles. The van der Waals surface area contributed by atoms with Gasteiger partial charge in [0.15, 0.2) is 0 Å². The number of hydrogen-bond donors (Lipinski definition) is 0. The van der Waals surface area contributed by atoms with Crippen LogP contribution in [-0.2, 0) is 4.79 Å². The van der Waals surface area contributed by atoms with E-state index >= 15 is 0 Å². The fourth-order valence-corrected chi connectivity index (χ4v) is 4.53. The third-order valence-electron chi connectivity index (χ3n) is 6.12. The van der Waals surface area contributed by atoms with Crippen molar-refractivity contribution in [1.82, 2.24) is 0 Å². The van der Waals surface area contributed by atoms with Crippen molar-refractivity contribution in [3.05, 3.63) is 83.9 Å². The molecule has 0 aromatic heterocycles. The number of nitrogens with zero attached hydrogens (tertiary/aromatic N) is 2. The van der Waals surface area contributed by atoms with Gasteiger partial charge in [0.2, 0.25) is 5.91 Å². The Hall–Kier alpha value is -3.80. The highest BCUT2D eigenvalue weighted by molar-refractivity contribution is 6.07. The lowest BCUT2D eigenvalue weighted by molar-refractivity contribution is -0.117. The predicted molar refractivity (Wildman–Crippen MR) is 129 cm³/mol. The van der Waals surface area contributed by atoms with E-state index in [9.17, 15) is 9.59 Å². The van der Waals surface area contributed by atoms with Crippen molar-refractivity contribution in [2.24, 2.45) is 0 Å². The summed E-state index contributed by atoms with van der Waals surface area (Å²) in [7, 11) is 3.22. The third kappa shape index (κ3) is 4.29. The van der Waals surface area contributed by atoms with Crippen molar-refractivity contribution in [3.8, 4) is 11.5 Å². The van der Waals surface area contributed by atoms with Gasteiger partial charge in [0, 0.05) is 29.9 Å². The maximum atomic E-state index is 13.5. The van der Waals surface area contributed by atoms with Gasteiger partial charge in [-0.05, 0) is 73.5 Å². The summed E-state index contributed by atoms with van der Waals surface area (Å²) in [5, 5.41) is 0. The van der Waals surface area contributed by atoms with Crippen LogP contribution in [0, 0.1) is 0 Å². The highest BCUT2D eigenvalue weighted by Gasteiger charge is 2.38. The summed E-state index contributed by atoms with van der Waals surface area (Å²) in [6, 6.07) is 22.1. The van der Waals surface area contributed by atoms with Gasteiger partial charge in [-0.25, -0.2) is 0 Å². The van der Waals surface area contributed by atoms with Gasteiger partial charge in [-0.15, -0.1) is 0 Å². The maximum absolute atomic E-state index is 13.5. The van der Waals surface area contributed by atoms with Crippen molar-refractivity contribution in [2.45, 2.75) is 32.4 Å². The van der Waals surface area contributed by atoms with Crippen LogP contribution in [0.3, 0.4) is 0 Å². The molecule has 0 fully saturated rings. The van der Waals surface area contributed by atoms with Crippen LogP contribution in [0.15, 0.2) is 72.8 Å². The number of amides is 2. The standard InChI is InChI=1S/C27H28N2O4/c1-18-17-26(29(19(2)30)21-11-15-23(33-4)16-12-21)24-7-5-6-8-25(24)28(18)27(31)20-9-13-22(32-3)14-10-20/h5-16,18,26H,17H2,1-4H3/t18-,26+/m0/s1. The van der Waals surface area contributed by atoms with E-state index in [1.54, 1.807) is 45.4 Å². The molecule has 0 N–H and O–H groups in total. The molecule has 6 nitrogen and oxygen atoms in total. The number of rotatable bonds is 5. The molecule has 3 aromatic carbocycles. The van der Waals surface area contributed by atoms with Gasteiger partial charge in [0.1, 0.15) is 11.5 Å². The molecule has 0 bridgehead atoms. The molecular formula is C27H28N2O4. The first kappa shape index (κ1) is 22.4. The fraction of sp³-hybridized carbons (Fsp3) is 0.259. The highest BCUT2D eigenvalue weighted by atomic mass is 16.5. The number of fused-ring (bicyclic) bond motifs is 1. The Morgan fingerprint density at radius 2 is 1.45 bits per heavy atom. The van der Waals surface area contributed by atoms with Crippen molar-refractivity contribution >= 4 is 23.2 Å². The fourth-order valence-electron chi connectivity index (χ4n) is 4.53. The van der Waals surface area contributed by atoms with Crippen LogP contribution < -0.4 is 19.3 Å². The van der Waals surface area contributed by atoms with Gasteiger partial charge in [0.25, 0.3) is 5.91 Å². The summed E-state index contributed by atoms with van der Waals surface area (Å²) in [6.45, 7) is 3.60. The molecular weight excluding hydrogens is 416 g/mol. The van der Waals surface area contributed by atoms with E-state index in [-0.39, 0.29) is 23.9 Å². The topological polar surface area (TPSA) is 59.1 Å². The maximum Gasteiger partial charge on any atom is 0.258 e. The molecule has 0 unspecified atom stereocenters. The molecule has 4 rings (SSSR count). The lowest BCUT2D eigenvalue weighted by Crippen LogP contribution is -2.47. The Bertz CT molecular complexity index is 1140. The Morgan fingerprint density at radius 3 is 2.03 bits per heavy atom. The Kier molecular flexibility index (Phi) is 6.36. The van der Waals surface area contributed by atoms with Crippen LogP contribution in [-0.4, -0.2) is 32.1 Å². The summed E-state index contributed by atoms with van der Waals surface area (Å²) < 4.78 is 10.5. The van der Waals surface area contributed by atoms with Gasteiger partial charge in [0.05, 0.1) is 20.3 Å². The summed E-state index contributed by atoms with van der Waals surface area (Å²) >= 11 is 0. The second-order valence-corrected chi connectivity index (χ2v) is 8.15. The van der Waals surface area contributed by atoms with Crippen molar-refractivity contribution in [3.63, 3.8) is 0 Å². The molecule has 2 amide bonds. The van der Waals surface area contributed by atoms with Gasteiger partial charge in [-0.1, -0.05) is 18.2 Å². The van der Waals surface area contributed by atoms with E-state index in [4.69, 9.17) is 9.47 Å². The Labute approximate surface area is 194 Å². The van der Waals surface area contributed by atoms with Crippen LogP contribution >= 0.6 is 0 Å². The minimum absolute atomic E-state index is 0.0536. The summed E-state index contributed by atoms with van der Waals surface area (Å²) in [5.41, 5.74) is 3.16. The number of benzene rings is 3. The number of ether oxygens (including phenoxy) is 2. The second-order valence-electron chi connectivity index (χ2n) is 8.15. The molecule has 1 heterocycles. The zero-order chi connectivity index (χ0) is 23.5. The molecule has 6 heteroatoms. The summed E-state index contributed by atoms with van der Waals surface area (Å²) in [4.78, 5) is 30.0. The molecule has 170 valence electrons. The zero-order valence-corrected chi connectivity index (χ0v) is 19.3. The molecule has 0 spiro atoms. The van der Waals surface area contributed by atoms with Crippen LogP contribution in [0.5, 0.6) is 11.5 Å². The predicted octanol–water partition coefficient (Wildman–Crippen LogP) is 5.24. The van der Waals surface area contributed by atoms with E-state index < -0.39 is 0 Å². The average Bonchev–Trinajstić information content (AvgIpc) is 2.84. The third-order valence-corrected chi connectivity index (χ3v) is 6.12. The van der Waals surface area contributed by atoms with Crippen molar-refractivity contribution in [2.75, 3.05) is 24.0 Å². The van der Waals surface area contributed by atoms with Crippen LogP contribution in [0.2, 0.25) is 0 Å². The van der Waals surface area contributed by atoms with E-state index in [2.05, 4.69) is 0 Å². The zero-order valence-electron chi connectivity index (χ0n) is 19.3. The largest absolute Gasteiger partial charge is 0.497 e. The number of anilines is 2. The quantitative estimate of drug-likeness (QED) is 0.540. The van der Waals surface area contributed by atoms with Gasteiger partial charge >= 0.3 is 0 Å². The van der Waals surface area contributed by atoms with Gasteiger partial charge in [-0.2, -0.15) is 0 Å². The summed E-state index contributed by atoms with van der Waals surface area (Å²) in [5.74, 6) is 1.31. The minimum atomic E-state index is -0.193. The average molecular weight is 445 g/mol. The first-order valence-corrected chi connectivity index (χ1v) is 10.9. The van der Waals surface area contributed by atoms with Crippen LogP contribution in [0.1, 0.15) is 42.2 Å². The van der Waals surface area contributed by atoms with Gasteiger partial charge in [-0.3, -0.25) is 9.59 Å². The molecule has 1 aliphatic rings. The second kappa shape index (κ2) is 9.36. The summed E-state index contributed by atoms with van der Waals surface area (Å²) in [6.07, 6.45) is 0.616. The van der Waals surface area contributed by atoms with E-state index in [1.807, 2.05) is 65.3 Å². The Morgan fingerprint density at radius 1 is 0.879 bits per heavy atom. The van der Waals surface area contributed by atoms with Gasteiger partial charge < -0.3 is 19.3 Å². The lowest BCUT2D eigenvalue weighted by atomic mass is 9.89. The number of methoxy groups -OCH3 is 2. The normalized spacial score (nSPS) is 17.2. The Balaban J connectivity index is 1.73. The number of carbonyl (C=O) groups excluding carboxylic acids is 2. The molecule has 0 saturated heterocycles. The number of carbonyl (C=O) groups is 2. The van der Waals surface area contributed by atoms with E-state index in [1.165, 1.54) is 0 Å². The molecule has 1 aliphatic heterocycles. The number of hydrogen-bond acceptors (Lipinski definition) is 4. The molecule has 33 heavy (non-hydrogen) atoms. The molecule has 0 radical (unpaired) electrons. The molecule has 0 aliphatic carbocycles. The van der Waals surface area contributed by atoms with Crippen molar-refractivity contribution < 1.29 is 19.1 Å². The van der Waals surface area contributed by atoms with Crippen LogP contribution in [0.4, 0.5) is 11.4 Å². The monoisotopic (exact) mass is 444 g/mol. The minimum Gasteiger partial charge on any atom is -0.497 e. The molecule has 3 aromatic rings. The molecule has 2 atom stereocenters. The SMILES string of the molecule is COc1ccc(C(=O)N2c3ccccc3[C@H](N(C(C)=O)c3ccc(OC)cc3)C[C@@H]2C)cc1.